The molecule has 0 aliphatic carbocycles. The molecule has 2 aromatic carbocycles. The molecule has 29 heavy (non-hydrogen) atoms. The van der Waals surface area contributed by atoms with Gasteiger partial charge in [0.15, 0.2) is 11.5 Å². The van der Waals surface area contributed by atoms with Gasteiger partial charge in [0.05, 0.1) is 30.2 Å². The number of thioether (sulfide) groups is 1. The molecular weight excluding hydrogens is 388 g/mol. The highest BCUT2D eigenvalue weighted by atomic mass is 32.2. The molecule has 7 heteroatoms. The maximum atomic E-state index is 12.8. The number of benzene rings is 2. The third-order valence-electron chi connectivity index (χ3n) is 4.59. The number of amides is 2. The molecule has 2 amide bonds. The van der Waals surface area contributed by atoms with Gasteiger partial charge in [-0.1, -0.05) is 6.07 Å². The van der Waals surface area contributed by atoms with Crippen molar-refractivity contribution in [2.24, 2.45) is 0 Å². The molecule has 0 radical (unpaired) electrons. The van der Waals surface area contributed by atoms with Gasteiger partial charge in [-0.05, 0) is 63.6 Å². The van der Waals surface area contributed by atoms with Gasteiger partial charge < -0.3 is 20.1 Å². The van der Waals surface area contributed by atoms with Gasteiger partial charge in [-0.2, -0.15) is 0 Å². The Morgan fingerprint density at radius 1 is 1.14 bits per heavy atom. The van der Waals surface area contributed by atoms with E-state index < -0.39 is 0 Å². The average Bonchev–Trinajstić information content (AvgIpc) is 2.70. The van der Waals surface area contributed by atoms with E-state index in [9.17, 15) is 9.59 Å². The standard InChI is InChI=1S/C22H26N2O4S/c1-5-27-18-9-7-15(12-19(18)28-6-2)13(3)23-22(26)16-8-10-20-17(11-16)24-21(25)14(4)29-20/h7-14H,5-6H2,1-4H3,(H,23,26)(H,24,25)/t13-,14+/m1/s1. The van der Waals surface area contributed by atoms with Crippen LogP contribution in [0.15, 0.2) is 41.3 Å². The Morgan fingerprint density at radius 2 is 1.86 bits per heavy atom. The summed E-state index contributed by atoms with van der Waals surface area (Å²) in [7, 11) is 0. The molecule has 0 bridgehead atoms. The van der Waals surface area contributed by atoms with Crippen LogP contribution in [-0.4, -0.2) is 30.3 Å². The molecule has 0 unspecified atom stereocenters. The molecule has 0 aromatic heterocycles. The van der Waals surface area contributed by atoms with E-state index in [0.29, 0.717) is 36.0 Å². The maximum absolute atomic E-state index is 12.8. The molecule has 154 valence electrons. The maximum Gasteiger partial charge on any atom is 0.251 e. The van der Waals surface area contributed by atoms with Crippen molar-refractivity contribution in [3.8, 4) is 11.5 Å². The fourth-order valence-electron chi connectivity index (χ4n) is 3.05. The Labute approximate surface area is 175 Å². The Balaban J connectivity index is 1.74. The number of fused-ring (bicyclic) bond motifs is 1. The number of carbonyl (C=O) groups is 2. The second-order valence-electron chi connectivity index (χ2n) is 6.73. The quantitative estimate of drug-likeness (QED) is 0.702. The second kappa shape index (κ2) is 9.22. The van der Waals surface area contributed by atoms with Crippen molar-refractivity contribution in [2.75, 3.05) is 18.5 Å². The molecule has 0 spiro atoms. The Morgan fingerprint density at radius 3 is 2.59 bits per heavy atom. The molecule has 1 heterocycles. The summed E-state index contributed by atoms with van der Waals surface area (Å²) in [5, 5.41) is 5.73. The number of carbonyl (C=O) groups excluding carboxylic acids is 2. The molecule has 0 fully saturated rings. The summed E-state index contributed by atoms with van der Waals surface area (Å²) in [5.74, 6) is 1.10. The summed E-state index contributed by atoms with van der Waals surface area (Å²) in [5.41, 5.74) is 2.10. The molecule has 2 atom stereocenters. The summed E-state index contributed by atoms with van der Waals surface area (Å²) < 4.78 is 11.3. The minimum absolute atomic E-state index is 0.0498. The minimum atomic E-state index is -0.225. The molecule has 1 aliphatic rings. The van der Waals surface area contributed by atoms with Gasteiger partial charge in [0, 0.05) is 10.5 Å². The van der Waals surface area contributed by atoms with Crippen molar-refractivity contribution in [2.45, 2.75) is 43.9 Å². The van der Waals surface area contributed by atoms with Crippen LogP contribution in [0.25, 0.3) is 0 Å². The lowest BCUT2D eigenvalue weighted by atomic mass is 10.1. The summed E-state index contributed by atoms with van der Waals surface area (Å²) in [6.07, 6.45) is 0. The van der Waals surface area contributed by atoms with Crippen LogP contribution in [0.4, 0.5) is 5.69 Å². The van der Waals surface area contributed by atoms with Crippen LogP contribution in [0, 0.1) is 0 Å². The van der Waals surface area contributed by atoms with E-state index in [1.807, 2.05) is 52.0 Å². The van der Waals surface area contributed by atoms with E-state index in [-0.39, 0.29) is 23.1 Å². The fraction of sp³-hybridized carbons (Fsp3) is 0.364. The number of anilines is 1. The first-order valence-corrected chi connectivity index (χ1v) is 10.6. The number of hydrogen-bond donors (Lipinski definition) is 2. The molecule has 0 saturated carbocycles. The second-order valence-corrected chi connectivity index (χ2v) is 8.11. The van der Waals surface area contributed by atoms with Crippen LogP contribution in [0.3, 0.4) is 0 Å². The third kappa shape index (κ3) is 4.85. The SMILES string of the molecule is CCOc1ccc([C@@H](C)NC(=O)c2ccc3c(c2)NC(=O)[C@H](C)S3)cc1OCC. The van der Waals surface area contributed by atoms with E-state index in [2.05, 4.69) is 10.6 Å². The number of hydrogen-bond acceptors (Lipinski definition) is 5. The summed E-state index contributed by atoms with van der Waals surface area (Å²) >= 11 is 1.49. The first-order valence-electron chi connectivity index (χ1n) is 9.74. The monoisotopic (exact) mass is 414 g/mol. The van der Waals surface area contributed by atoms with Gasteiger partial charge in [0.25, 0.3) is 5.91 Å². The lowest BCUT2D eigenvalue weighted by molar-refractivity contribution is -0.115. The summed E-state index contributed by atoms with van der Waals surface area (Å²) in [4.78, 5) is 25.6. The summed E-state index contributed by atoms with van der Waals surface area (Å²) in [6, 6.07) is 10.8. The summed E-state index contributed by atoms with van der Waals surface area (Å²) in [6.45, 7) is 8.70. The van der Waals surface area contributed by atoms with Crippen molar-refractivity contribution in [3.63, 3.8) is 0 Å². The lowest BCUT2D eigenvalue weighted by Gasteiger charge is -2.22. The number of ether oxygens (including phenoxy) is 2. The molecule has 3 rings (SSSR count). The van der Waals surface area contributed by atoms with Crippen LogP contribution in [0.2, 0.25) is 0 Å². The first-order chi connectivity index (χ1) is 13.9. The largest absolute Gasteiger partial charge is 0.490 e. The van der Waals surface area contributed by atoms with Gasteiger partial charge in [-0.25, -0.2) is 0 Å². The van der Waals surface area contributed by atoms with Crippen molar-refractivity contribution >= 4 is 29.3 Å². The zero-order chi connectivity index (χ0) is 21.0. The van der Waals surface area contributed by atoms with Crippen LogP contribution in [0.1, 0.15) is 49.7 Å². The topological polar surface area (TPSA) is 76.7 Å². The van der Waals surface area contributed by atoms with E-state index >= 15 is 0 Å². The normalized spacial score (nSPS) is 16.4. The van der Waals surface area contributed by atoms with Crippen LogP contribution >= 0.6 is 11.8 Å². The van der Waals surface area contributed by atoms with E-state index in [1.54, 1.807) is 12.1 Å². The first kappa shape index (κ1) is 21.0. The van der Waals surface area contributed by atoms with Crippen molar-refractivity contribution in [1.82, 2.24) is 5.32 Å². The predicted molar refractivity (Wildman–Crippen MR) is 115 cm³/mol. The number of rotatable bonds is 7. The zero-order valence-electron chi connectivity index (χ0n) is 17.1. The molecule has 0 saturated heterocycles. The third-order valence-corrected chi connectivity index (χ3v) is 5.77. The highest BCUT2D eigenvalue weighted by Crippen LogP contribution is 2.36. The number of nitrogens with one attached hydrogen (secondary N) is 2. The average molecular weight is 415 g/mol. The molecule has 6 nitrogen and oxygen atoms in total. The predicted octanol–water partition coefficient (Wildman–Crippen LogP) is 4.41. The van der Waals surface area contributed by atoms with E-state index in [0.717, 1.165) is 10.5 Å². The van der Waals surface area contributed by atoms with Gasteiger partial charge in [-0.3, -0.25) is 9.59 Å². The Kier molecular flexibility index (Phi) is 6.69. The molecule has 2 aromatic rings. The molecule has 2 N–H and O–H groups in total. The van der Waals surface area contributed by atoms with Gasteiger partial charge >= 0.3 is 0 Å². The minimum Gasteiger partial charge on any atom is -0.490 e. The molecular formula is C22H26N2O4S. The highest BCUT2D eigenvalue weighted by Gasteiger charge is 2.24. The van der Waals surface area contributed by atoms with Crippen LogP contribution in [0.5, 0.6) is 11.5 Å². The van der Waals surface area contributed by atoms with Gasteiger partial charge in [0.2, 0.25) is 5.91 Å². The van der Waals surface area contributed by atoms with E-state index in [4.69, 9.17) is 9.47 Å². The fourth-order valence-corrected chi connectivity index (χ4v) is 3.98. The Hall–Kier alpha value is -2.67. The van der Waals surface area contributed by atoms with Crippen molar-refractivity contribution < 1.29 is 19.1 Å². The van der Waals surface area contributed by atoms with Crippen molar-refractivity contribution in [3.05, 3.63) is 47.5 Å². The highest BCUT2D eigenvalue weighted by molar-refractivity contribution is 8.00. The van der Waals surface area contributed by atoms with Crippen LogP contribution in [-0.2, 0) is 4.79 Å². The zero-order valence-corrected chi connectivity index (χ0v) is 17.9. The smallest absolute Gasteiger partial charge is 0.251 e. The van der Waals surface area contributed by atoms with E-state index in [1.165, 1.54) is 11.8 Å². The van der Waals surface area contributed by atoms with Gasteiger partial charge in [0.1, 0.15) is 0 Å². The van der Waals surface area contributed by atoms with Crippen molar-refractivity contribution in [1.29, 1.82) is 0 Å². The van der Waals surface area contributed by atoms with Crippen LogP contribution < -0.4 is 20.1 Å². The van der Waals surface area contributed by atoms with Gasteiger partial charge in [-0.15, -0.1) is 11.8 Å². The Bertz CT molecular complexity index is 916. The molecule has 1 aliphatic heterocycles. The lowest BCUT2D eigenvalue weighted by Crippen LogP contribution is -2.28.